The molecule has 0 saturated heterocycles. The number of anilines is 1. The summed E-state index contributed by atoms with van der Waals surface area (Å²) in [4.78, 5) is 11.8. The molecule has 2 aromatic rings. The van der Waals surface area contributed by atoms with Gasteiger partial charge in [-0.25, -0.2) is 13.2 Å². The Balaban J connectivity index is 2.04. The van der Waals surface area contributed by atoms with Crippen molar-refractivity contribution in [3.63, 3.8) is 0 Å². The summed E-state index contributed by atoms with van der Waals surface area (Å²) < 4.78 is 44.8. The quantitative estimate of drug-likeness (QED) is 0.862. The summed E-state index contributed by atoms with van der Waals surface area (Å²) in [5.41, 5.74) is 2.54. The zero-order valence-corrected chi connectivity index (χ0v) is 13.0. The number of carbonyl (C=O) groups is 1. The second-order valence-corrected chi connectivity index (χ2v) is 5.26. The highest BCUT2D eigenvalue weighted by Crippen LogP contribution is 2.23. The van der Waals surface area contributed by atoms with Gasteiger partial charge in [0.05, 0.1) is 5.69 Å². The predicted molar refractivity (Wildman–Crippen MR) is 81.1 cm³/mol. The van der Waals surface area contributed by atoms with Gasteiger partial charge < -0.3 is 10.1 Å². The van der Waals surface area contributed by atoms with Gasteiger partial charge in [0.2, 0.25) is 0 Å². The van der Waals surface area contributed by atoms with Crippen molar-refractivity contribution in [2.45, 2.75) is 20.8 Å². The van der Waals surface area contributed by atoms with Crippen LogP contribution in [0.25, 0.3) is 0 Å². The summed E-state index contributed by atoms with van der Waals surface area (Å²) in [6.07, 6.45) is 0. The smallest absolute Gasteiger partial charge is 0.262 e. The fourth-order valence-corrected chi connectivity index (χ4v) is 2.04. The lowest BCUT2D eigenvalue weighted by Gasteiger charge is -2.12. The van der Waals surface area contributed by atoms with E-state index in [1.165, 1.54) is 0 Å². The van der Waals surface area contributed by atoms with Crippen molar-refractivity contribution in [3.8, 4) is 5.75 Å². The molecule has 3 nitrogen and oxygen atoms in total. The van der Waals surface area contributed by atoms with E-state index in [4.69, 9.17) is 4.74 Å². The Morgan fingerprint density at radius 3 is 2.35 bits per heavy atom. The Labute approximate surface area is 132 Å². The third kappa shape index (κ3) is 3.83. The van der Waals surface area contributed by atoms with Crippen LogP contribution >= 0.6 is 0 Å². The highest BCUT2D eigenvalue weighted by molar-refractivity contribution is 5.92. The first-order valence-corrected chi connectivity index (χ1v) is 6.93. The maximum absolute atomic E-state index is 13.5. The van der Waals surface area contributed by atoms with E-state index < -0.39 is 29.0 Å². The molecule has 1 N–H and O–H groups in total. The van der Waals surface area contributed by atoms with Crippen LogP contribution in [0, 0.1) is 38.2 Å². The molecule has 0 aromatic heterocycles. The van der Waals surface area contributed by atoms with E-state index in [-0.39, 0.29) is 6.61 Å². The number of amides is 1. The van der Waals surface area contributed by atoms with Gasteiger partial charge in [-0.15, -0.1) is 0 Å². The van der Waals surface area contributed by atoms with E-state index in [0.717, 1.165) is 28.8 Å². The highest BCUT2D eigenvalue weighted by atomic mass is 19.2. The number of carbonyl (C=O) groups excluding carboxylic acids is 1. The molecule has 122 valence electrons. The van der Waals surface area contributed by atoms with Gasteiger partial charge >= 0.3 is 0 Å². The minimum Gasteiger partial charge on any atom is -0.483 e. The largest absolute Gasteiger partial charge is 0.483 e. The normalized spacial score (nSPS) is 10.5. The first-order chi connectivity index (χ1) is 10.8. The minimum absolute atomic E-state index is 0.373. The Kier molecular flexibility index (Phi) is 4.93. The van der Waals surface area contributed by atoms with Crippen LogP contribution in [-0.4, -0.2) is 12.5 Å². The molecule has 0 unspecified atom stereocenters. The number of hydrogen-bond acceptors (Lipinski definition) is 2. The van der Waals surface area contributed by atoms with E-state index in [2.05, 4.69) is 5.32 Å². The van der Waals surface area contributed by atoms with Gasteiger partial charge in [-0.3, -0.25) is 4.79 Å². The first-order valence-electron chi connectivity index (χ1n) is 6.93. The molecule has 2 aromatic carbocycles. The van der Waals surface area contributed by atoms with Crippen LogP contribution in [0.1, 0.15) is 16.7 Å². The zero-order valence-electron chi connectivity index (χ0n) is 13.0. The molecule has 23 heavy (non-hydrogen) atoms. The molecule has 2 rings (SSSR count). The van der Waals surface area contributed by atoms with Crippen LogP contribution in [-0.2, 0) is 4.79 Å². The molecule has 0 heterocycles. The van der Waals surface area contributed by atoms with Crippen LogP contribution in [0.3, 0.4) is 0 Å². The van der Waals surface area contributed by atoms with E-state index in [1.807, 2.05) is 26.8 Å². The van der Waals surface area contributed by atoms with E-state index in [0.29, 0.717) is 5.75 Å². The molecule has 1 amide bonds. The van der Waals surface area contributed by atoms with Gasteiger partial charge in [0.25, 0.3) is 5.91 Å². The van der Waals surface area contributed by atoms with Crippen LogP contribution in [0.15, 0.2) is 24.3 Å². The number of aryl methyl sites for hydroxylation is 3. The number of ether oxygens (including phenoxy) is 1. The predicted octanol–water partition coefficient (Wildman–Crippen LogP) is 4.05. The standard InChI is InChI=1S/C17H16F3NO2/c1-9-6-11(3)14(7-10(9)2)23-8-15(22)21-13-5-4-12(18)16(19)17(13)20/h4-7H,8H2,1-3H3,(H,21,22). The molecule has 6 heteroatoms. The second-order valence-electron chi connectivity index (χ2n) is 5.26. The molecule has 0 radical (unpaired) electrons. The average molecular weight is 323 g/mol. The number of hydrogen-bond donors (Lipinski definition) is 1. The molecule has 0 aliphatic carbocycles. The summed E-state index contributed by atoms with van der Waals surface area (Å²) >= 11 is 0. The summed E-state index contributed by atoms with van der Waals surface area (Å²) in [5.74, 6) is -4.53. The molecule has 0 spiro atoms. The second kappa shape index (κ2) is 6.73. The molecule has 0 aliphatic heterocycles. The molecule has 0 atom stereocenters. The van der Waals surface area contributed by atoms with Crippen molar-refractivity contribution >= 4 is 11.6 Å². The van der Waals surface area contributed by atoms with Crippen LogP contribution in [0.2, 0.25) is 0 Å². The van der Waals surface area contributed by atoms with Crippen LogP contribution in [0.4, 0.5) is 18.9 Å². The summed E-state index contributed by atoms with van der Waals surface area (Å²) in [6.45, 7) is 5.35. The summed E-state index contributed by atoms with van der Waals surface area (Å²) in [7, 11) is 0. The van der Waals surface area contributed by atoms with Crippen molar-refractivity contribution in [2.75, 3.05) is 11.9 Å². The number of rotatable bonds is 4. The third-order valence-electron chi connectivity index (χ3n) is 3.46. The Morgan fingerprint density at radius 1 is 1.00 bits per heavy atom. The maximum Gasteiger partial charge on any atom is 0.262 e. The number of halogens is 3. The molecule has 0 fully saturated rings. The Morgan fingerprint density at radius 2 is 1.65 bits per heavy atom. The van der Waals surface area contributed by atoms with Crippen molar-refractivity contribution in [2.24, 2.45) is 0 Å². The van der Waals surface area contributed by atoms with Crippen molar-refractivity contribution in [1.82, 2.24) is 0 Å². The van der Waals surface area contributed by atoms with Crippen molar-refractivity contribution < 1.29 is 22.7 Å². The van der Waals surface area contributed by atoms with Gasteiger partial charge in [-0.1, -0.05) is 6.07 Å². The van der Waals surface area contributed by atoms with Crippen molar-refractivity contribution in [3.05, 3.63) is 58.4 Å². The fourth-order valence-electron chi connectivity index (χ4n) is 2.04. The first kappa shape index (κ1) is 16.9. The van der Waals surface area contributed by atoms with E-state index >= 15 is 0 Å². The molecule has 0 bridgehead atoms. The third-order valence-corrected chi connectivity index (χ3v) is 3.46. The van der Waals surface area contributed by atoms with Gasteiger partial charge in [0.1, 0.15) is 5.75 Å². The lowest BCUT2D eigenvalue weighted by molar-refractivity contribution is -0.118. The Hall–Kier alpha value is -2.50. The molecule has 0 saturated carbocycles. The van der Waals surface area contributed by atoms with Gasteiger partial charge in [0.15, 0.2) is 24.1 Å². The lowest BCUT2D eigenvalue weighted by Crippen LogP contribution is -2.21. The summed E-state index contributed by atoms with van der Waals surface area (Å²) in [5, 5.41) is 2.15. The minimum atomic E-state index is -1.63. The topological polar surface area (TPSA) is 38.3 Å². The zero-order chi connectivity index (χ0) is 17.1. The number of nitrogens with one attached hydrogen (secondary N) is 1. The van der Waals surface area contributed by atoms with Gasteiger partial charge in [-0.05, 0) is 55.7 Å². The SMILES string of the molecule is Cc1cc(C)c(OCC(=O)Nc2ccc(F)c(F)c2F)cc1C. The van der Waals surface area contributed by atoms with E-state index in [1.54, 1.807) is 6.07 Å². The molecular formula is C17H16F3NO2. The van der Waals surface area contributed by atoms with Crippen LogP contribution < -0.4 is 10.1 Å². The fraction of sp³-hybridized carbons (Fsp3) is 0.235. The Bertz CT molecular complexity index is 760. The molecular weight excluding hydrogens is 307 g/mol. The lowest BCUT2D eigenvalue weighted by atomic mass is 10.1. The van der Waals surface area contributed by atoms with Gasteiger partial charge in [-0.2, -0.15) is 0 Å². The molecule has 0 aliphatic rings. The monoisotopic (exact) mass is 323 g/mol. The average Bonchev–Trinajstić information content (AvgIpc) is 2.50. The van der Waals surface area contributed by atoms with Crippen LogP contribution in [0.5, 0.6) is 5.75 Å². The van der Waals surface area contributed by atoms with Crippen molar-refractivity contribution in [1.29, 1.82) is 0 Å². The maximum atomic E-state index is 13.5. The highest BCUT2D eigenvalue weighted by Gasteiger charge is 2.15. The number of benzene rings is 2. The van der Waals surface area contributed by atoms with Gasteiger partial charge in [0, 0.05) is 0 Å². The van der Waals surface area contributed by atoms with E-state index in [9.17, 15) is 18.0 Å². The summed E-state index contributed by atoms with van der Waals surface area (Å²) in [6, 6.07) is 5.42.